The van der Waals surface area contributed by atoms with E-state index in [0.717, 1.165) is 21.2 Å². The standard InChI is InChI=1S/C23H16BrNO5/c1-14-20(29-13-15-6-8-17(9-7-15)25(27)28)11-10-18-22(26)21(30-23(14)18)12-16-4-2-3-5-19(16)24/h2-12H,13H2,1H3/b21-12-. The van der Waals surface area contributed by atoms with E-state index in [0.29, 0.717) is 17.1 Å². The van der Waals surface area contributed by atoms with Crippen molar-refractivity contribution in [3.05, 3.63) is 103 Å². The number of non-ortho nitro benzene ring substituents is 1. The van der Waals surface area contributed by atoms with E-state index >= 15 is 0 Å². The summed E-state index contributed by atoms with van der Waals surface area (Å²) in [4.78, 5) is 23.1. The molecule has 0 fully saturated rings. The second-order valence-corrected chi connectivity index (χ2v) is 7.59. The Hall–Kier alpha value is -3.45. The van der Waals surface area contributed by atoms with Crippen LogP contribution >= 0.6 is 15.9 Å². The first-order valence-electron chi connectivity index (χ1n) is 9.12. The number of nitro benzene ring substituents is 1. The number of nitro groups is 1. The molecule has 0 aromatic heterocycles. The summed E-state index contributed by atoms with van der Waals surface area (Å²) in [6, 6.07) is 17.2. The van der Waals surface area contributed by atoms with Crippen LogP contribution in [0.5, 0.6) is 11.5 Å². The number of benzene rings is 3. The van der Waals surface area contributed by atoms with Gasteiger partial charge in [0.2, 0.25) is 5.78 Å². The normalized spacial score (nSPS) is 13.8. The van der Waals surface area contributed by atoms with E-state index in [-0.39, 0.29) is 23.8 Å². The maximum Gasteiger partial charge on any atom is 0.269 e. The van der Waals surface area contributed by atoms with Crippen LogP contribution in [0.2, 0.25) is 0 Å². The highest BCUT2D eigenvalue weighted by Gasteiger charge is 2.30. The predicted octanol–water partition coefficient (Wildman–Crippen LogP) is 5.86. The molecule has 0 N–H and O–H groups in total. The average Bonchev–Trinajstić information content (AvgIpc) is 3.06. The Morgan fingerprint density at radius 3 is 2.53 bits per heavy atom. The lowest BCUT2D eigenvalue weighted by Gasteiger charge is -2.11. The maximum atomic E-state index is 12.7. The molecule has 6 nitrogen and oxygen atoms in total. The molecule has 7 heteroatoms. The van der Waals surface area contributed by atoms with E-state index in [1.54, 1.807) is 30.3 Å². The monoisotopic (exact) mass is 465 g/mol. The Morgan fingerprint density at radius 2 is 1.83 bits per heavy atom. The minimum absolute atomic E-state index is 0.0312. The van der Waals surface area contributed by atoms with Gasteiger partial charge in [-0.3, -0.25) is 14.9 Å². The van der Waals surface area contributed by atoms with Crippen molar-refractivity contribution in [1.82, 2.24) is 0 Å². The zero-order chi connectivity index (χ0) is 21.3. The van der Waals surface area contributed by atoms with Crippen molar-refractivity contribution in [3.8, 4) is 11.5 Å². The second kappa shape index (κ2) is 8.12. The van der Waals surface area contributed by atoms with Crippen LogP contribution < -0.4 is 9.47 Å². The number of nitrogens with zero attached hydrogens (tertiary/aromatic N) is 1. The quantitative estimate of drug-likeness (QED) is 0.267. The van der Waals surface area contributed by atoms with E-state index < -0.39 is 4.92 Å². The number of hydrogen-bond acceptors (Lipinski definition) is 5. The fraction of sp³-hybridized carbons (Fsp3) is 0.0870. The van der Waals surface area contributed by atoms with Crippen molar-refractivity contribution in [2.75, 3.05) is 0 Å². The Morgan fingerprint density at radius 1 is 1.10 bits per heavy atom. The highest BCUT2D eigenvalue weighted by atomic mass is 79.9. The van der Waals surface area contributed by atoms with Crippen LogP contribution in [-0.2, 0) is 6.61 Å². The van der Waals surface area contributed by atoms with Gasteiger partial charge in [0.05, 0.1) is 10.5 Å². The molecule has 3 aromatic carbocycles. The molecule has 0 radical (unpaired) electrons. The third kappa shape index (κ3) is 3.84. The fourth-order valence-electron chi connectivity index (χ4n) is 3.13. The first kappa shape index (κ1) is 19.8. The average molecular weight is 466 g/mol. The van der Waals surface area contributed by atoms with E-state index in [1.165, 1.54) is 12.1 Å². The molecule has 0 unspecified atom stereocenters. The van der Waals surface area contributed by atoms with Crippen LogP contribution in [0.15, 0.2) is 70.9 Å². The lowest BCUT2D eigenvalue weighted by Crippen LogP contribution is -1.99. The lowest BCUT2D eigenvalue weighted by molar-refractivity contribution is -0.384. The minimum Gasteiger partial charge on any atom is -0.488 e. The maximum absolute atomic E-state index is 12.7. The zero-order valence-electron chi connectivity index (χ0n) is 15.9. The fourth-order valence-corrected chi connectivity index (χ4v) is 3.53. The third-order valence-corrected chi connectivity index (χ3v) is 5.49. The summed E-state index contributed by atoms with van der Waals surface area (Å²) in [6.07, 6.45) is 1.71. The lowest BCUT2D eigenvalue weighted by atomic mass is 10.1. The number of ether oxygens (including phenoxy) is 2. The number of rotatable bonds is 5. The summed E-state index contributed by atoms with van der Waals surface area (Å²) in [6.45, 7) is 2.07. The van der Waals surface area contributed by atoms with Crippen LogP contribution in [0.1, 0.15) is 27.0 Å². The number of allylic oxidation sites excluding steroid dienone is 1. The number of Topliss-reactive ketones (excluding diaryl/α,β-unsaturated/α-hetero) is 1. The van der Waals surface area contributed by atoms with Gasteiger partial charge in [-0.25, -0.2) is 0 Å². The Balaban J connectivity index is 1.54. The molecule has 0 saturated heterocycles. The van der Waals surface area contributed by atoms with Crippen LogP contribution in [0.4, 0.5) is 5.69 Å². The Bertz CT molecular complexity index is 1180. The molecule has 1 aliphatic heterocycles. The molecule has 1 heterocycles. The van der Waals surface area contributed by atoms with Crippen molar-refractivity contribution >= 4 is 33.5 Å². The van der Waals surface area contributed by atoms with Gasteiger partial charge < -0.3 is 9.47 Å². The van der Waals surface area contributed by atoms with Crippen molar-refractivity contribution in [2.45, 2.75) is 13.5 Å². The van der Waals surface area contributed by atoms with Gasteiger partial charge >= 0.3 is 0 Å². The van der Waals surface area contributed by atoms with E-state index in [1.807, 2.05) is 31.2 Å². The topological polar surface area (TPSA) is 78.7 Å². The first-order chi connectivity index (χ1) is 14.4. The molecule has 3 aromatic rings. The van der Waals surface area contributed by atoms with Gasteiger partial charge in [0.25, 0.3) is 5.69 Å². The number of carbonyl (C=O) groups is 1. The molecular weight excluding hydrogens is 450 g/mol. The highest BCUT2D eigenvalue weighted by molar-refractivity contribution is 9.10. The minimum atomic E-state index is -0.442. The van der Waals surface area contributed by atoms with Gasteiger partial charge in [0, 0.05) is 22.2 Å². The van der Waals surface area contributed by atoms with Crippen LogP contribution in [0, 0.1) is 17.0 Å². The third-order valence-electron chi connectivity index (χ3n) is 4.77. The largest absolute Gasteiger partial charge is 0.488 e. The molecule has 150 valence electrons. The second-order valence-electron chi connectivity index (χ2n) is 6.74. The van der Waals surface area contributed by atoms with Gasteiger partial charge in [-0.05, 0) is 54.5 Å². The van der Waals surface area contributed by atoms with Crippen molar-refractivity contribution in [2.24, 2.45) is 0 Å². The number of fused-ring (bicyclic) bond motifs is 1. The van der Waals surface area contributed by atoms with Gasteiger partial charge in [-0.2, -0.15) is 0 Å². The molecule has 0 aliphatic carbocycles. The number of hydrogen-bond donors (Lipinski definition) is 0. The molecule has 4 rings (SSSR count). The number of ketones is 1. The Kier molecular flexibility index (Phi) is 5.37. The summed E-state index contributed by atoms with van der Waals surface area (Å²) >= 11 is 3.47. The molecule has 1 aliphatic rings. The van der Waals surface area contributed by atoms with E-state index in [4.69, 9.17) is 9.47 Å². The first-order valence-corrected chi connectivity index (χ1v) is 9.92. The van der Waals surface area contributed by atoms with Crippen LogP contribution in [-0.4, -0.2) is 10.7 Å². The van der Waals surface area contributed by atoms with Crippen LogP contribution in [0.25, 0.3) is 6.08 Å². The zero-order valence-corrected chi connectivity index (χ0v) is 17.5. The van der Waals surface area contributed by atoms with Crippen molar-refractivity contribution in [1.29, 1.82) is 0 Å². The summed E-state index contributed by atoms with van der Waals surface area (Å²) in [5.74, 6) is 1.15. The molecule has 0 bridgehead atoms. The van der Waals surface area contributed by atoms with Crippen molar-refractivity contribution in [3.63, 3.8) is 0 Å². The summed E-state index contributed by atoms with van der Waals surface area (Å²) in [7, 11) is 0. The summed E-state index contributed by atoms with van der Waals surface area (Å²) < 4.78 is 12.6. The molecule has 0 amide bonds. The Labute approximate surface area is 181 Å². The van der Waals surface area contributed by atoms with Crippen LogP contribution in [0.3, 0.4) is 0 Å². The summed E-state index contributed by atoms with van der Waals surface area (Å²) in [5.41, 5.74) is 2.89. The van der Waals surface area contributed by atoms with Gasteiger partial charge in [-0.1, -0.05) is 34.1 Å². The molecule has 0 atom stereocenters. The summed E-state index contributed by atoms with van der Waals surface area (Å²) in [5, 5.41) is 10.8. The highest BCUT2D eigenvalue weighted by Crippen LogP contribution is 2.39. The van der Waals surface area contributed by atoms with Gasteiger partial charge in [-0.15, -0.1) is 0 Å². The predicted molar refractivity (Wildman–Crippen MR) is 116 cm³/mol. The smallest absolute Gasteiger partial charge is 0.269 e. The van der Waals surface area contributed by atoms with Crippen molar-refractivity contribution < 1.29 is 19.2 Å². The molecule has 0 saturated carbocycles. The molecule has 30 heavy (non-hydrogen) atoms. The van der Waals surface area contributed by atoms with E-state index in [9.17, 15) is 14.9 Å². The number of halogens is 1. The SMILES string of the molecule is Cc1c(OCc2ccc([N+](=O)[O-])cc2)ccc2c1O/C(=C\c1ccccc1Br)C2=O. The van der Waals surface area contributed by atoms with Gasteiger partial charge in [0.15, 0.2) is 5.76 Å². The van der Waals surface area contributed by atoms with Gasteiger partial charge in [0.1, 0.15) is 18.1 Å². The molecular formula is C23H16BrNO5. The molecule has 0 spiro atoms. The number of carbonyl (C=O) groups excluding carboxylic acids is 1. The van der Waals surface area contributed by atoms with E-state index in [2.05, 4.69) is 15.9 Å².